The predicted octanol–water partition coefficient (Wildman–Crippen LogP) is 2.93. The summed E-state index contributed by atoms with van der Waals surface area (Å²) in [5.74, 6) is -0.702. The van der Waals surface area contributed by atoms with E-state index in [0.29, 0.717) is 42.8 Å². The van der Waals surface area contributed by atoms with Crippen LogP contribution in [0.15, 0.2) is 41.1 Å². The van der Waals surface area contributed by atoms with Gasteiger partial charge in [-0.1, -0.05) is 0 Å². The molecule has 1 aromatic heterocycles. The summed E-state index contributed by atoms with van der Waals surface area (Å²) in [5.41, 5.74) is 1.13. The molecule has 3 N–H and O–H groups in total. The molecule has 1 aromatic carbocycles. The molecule has 0 atom stereocenters. The van der Waals surface area contributed by atoms with Crippen LogP contribution in [0.4, 0.5) is 0 Å². The molecule has 0 bridgehead atoms. The molecule has 7 nitrogen and oxygen atoms in total. The SMILES string of the molecule is O=C(NCCNC(=O)c1ccsc1)c1ccc(OC2CCC(C(=O)O)CC2)cc1. The van der Waals surface area contributed by atoms with E-state index in [1.165, 1.54) is 11.3 Å². The Morgan fingerprint density at radius 2 is 1.55 bits per heavy atom. The number of hydrogen-bond donors (Lipinski definition) is 3. The minimum Gasteiger partial charge on any atom is -0.490 e. The molecular weight excluding hydrogens is 392 g/mol. The van der Waals surface area contributed by atoms with Crippen molar-refractivity contribution in [2.45, 2.75) is 31.8 Å². The third-order valence-corrected chi connectivity index (χ3v) is 5.61. The summed E-state index contributed by atoms with van der Waals surface area (Å²) in [6.45, 7) is 0.681. The van der Waals surface area contributed by atoms with Gasteiger partial charge in [-0.05, 0) is 61.4 Å². The lowest BCUT2D eigenvalue weighted by Gasteiger charge is -2.26. The number of hydrogen-bond acceptors (Lipinski definition) is 5. The van der Waals surface area contributed by atoms with Gasteiger partial charge in [-0.25, -0.2) is 0 Å². The van der Waals surface area contributed by atoms with Gasteiger partial charge in [-0.15, -0.1) is 0 Å². The van der Waals surface area contributed by atoms with E-state index in [1.807, 2.05) is 5.38 Å². The summed E-state index contributed by atoms with van der Waals surface area (Å²) in [6, 6.07) is 8.63. The highest BCUT2D eigenvalue weighted by Gasteiger charge is 2.26. The molecule has 1 saturated carbocycles. The van der Waals surface area contributed by atoms with Crippen LogP contribution in [0.5, 0.6) is 5.75 Å². The van der Waals surface area contributed by atoms with Gasteiger partial charge in [0.25, 0.3) is 11.8 Å². The topological polar surface area (TPSA) is 105 Å². The Hall–Kier alpha value is -2.87. The van der Waals surface area contributed by atoms with Crippen molar-refractivity contribution >= 4 is 29.1 Å². The first-order valence-corrected chi connectivity index (χ1v) is 10.6. The van der Waals surface area contributed by atoms with E-state index in [2.05, 4.69) is 10.6 Å². The number of ether oxygens (including phenoxy) is 1. The molecule has 0 spiro atoms. The Balaban J connectivity index is 1.38. The van der Waals surface area contributed by atoms with Crippen molar-refractivity contribution in [3.05, 3.63) is 52.2 Å². The van der Waals surface area contributed by atoms with Gasteiger partial charge in [0.1, 0.15) is 5.75 Å². The average molecular weight is 416 g/mol. The van der Waals surface area contributed by atoms with E-state index in [0.717, 1.165) is 12.8 Å². The van der Waals surface area contributed by atoms with Gasteiger partial charge in [0.2, 0.25) is 0 Å². The fourth-order valence-corrected chi connectivity index (χ4v) is 3.89. The Labute approximate surface area is 173 Å². The molecule has 8 heteroatoms. The van der Waals surface area contributed by atoms with Crippen LogP contribution in [0, 0.1) is 5.92 Å². The van der Waals surface area contributed by atoms with Crippen molar-refractivity contribution in [2.75, 3.05) is 13.1 Å². The highest BCUT2D eigenvalue weighted by Crippen LogP contribution is 2.28. The van der Waals surface area contributed by atoms with E-state index in [1.54, 1.807) is 35.7 Å². The van der Waals surface area contributed by atoms with Crippen molar-refractivity contribution < 1.29 is 24.2 Å². The smallest absolute Gasteiger partial charge is 0.306 e. The molecule has 0 saturated heterocycles. The second-order valence-corrected chi connectivity index (χ2v) is 7.76. The molecule has 1 aliphatic carbocycles. The summed E-state index contributed by atoms with van der Waals surface area (Å²) < 4.78 is 5.91. The maximum atomic E-state index is 12.2. The minimum absolute atomic E-state index is 0.0112. The second-order valence-electron chi connectivity index (χ2n) is 6.98. The van der Waals surface area contributed by atoms with Crippen molar-refractivity contribution in [1.82, 2.24) is 10.6 Å². The van der Waals surface area contributed by atoms with Gasteiger partial charge in [-0.3, -0.25) is 14.4 Å². The van der Waals surface area contributed by atoms with Crippen LogP contribution < -0.4 is 15.4 Å². The monoisotopic (exact) mass is 416 g/mol. The lowest BCUT2D eigenvalue weighted by molar-refractivity contribution is -0.143. The summed E-state index contributed by atoms with van der Waals surface area (Å²) in [6.07, 6.45) is 2.71. The van der Waals surface area contributed by atoms with Gasteiger partial charge < -0.3 is 20.5 Å². The molecule has 0 radical (unpaired) electrons. The fourth-order valence-electron chi connectivity index (χ4n) is 3.25. The number of carbonyl (C=O) groups excluding carboxylic acids is 2. The first kappa shape index (κ1) is 20.9. The molecule has 2 aromatic rings. The summed E-state index contributed by atoms with van der Waals surface area (Å²) in [4.78, 5) is 35.0. The first-order valence-electron chi connectivity index (χ1n) is 9.61. The highest BCUT2D eigenvalue weighted by molar-refractivity contribution is 7.08. The molecule has 0 aliphatic heterocycles. The van der Waals surface area contributed by atoms with Crippen LogP contribution in [0.2, 0.25) is 0 Å². The van der Waals surface area contributed by atoms with Crippen LogP contribution in [-0.2, 0) is 4.79 Å². The predicted molar refractivity (Wildman–Crippen MR) is 109 cm³/mol. The van der Waals surface area contributed by atoms with Crippen molar-refractivity contribution in [3.8, 4) is 5.75 Å². The Bertz CT molecular complexity index is 827. The highest BCUT2D eigenvalue weighted by atomic mass is 32.1. The normalized spacial score (nSPS) is 18.6. The van der Waals surface area contributed by atoms with Crippen molar-refractivity contribution in [2.24, 2.45) is 5.92 Å². The summed E-state index contributed by atoms with van der Waals surface area (Å²) in [5, 5.41) is 18.2. The van der Waals surface area contributed by atoms with E-state index in [-0.39, 0.29) is 23.8 Å². The Kier molecular flexibility index (Phi) is 7.24. The van der Waals surface area contributed by atoms with Gasteiger partial charge in [0, 0.05) is 29.6 Å². The number of benzene rings is 1. The number of carbonyl (C=O) groups is 3. The maximum absolute atomic E-state index is 12.2. The average Bonchev–Trinajstić information content (AvgIpc) is 3.27. The van der Waals surface area contributed by atoms with Crippen LogP contribution in [0.25, 0.3) is 0 Å². The standard InChI is InChI=1S/C21H24N2O5S/c24-19(22-10-11-23-20(25)16-9-12-29-13-16)14-1-5-17(6-2-14)28-18-7-3-15(4-8-18)21(26)27/h1-2,5-6,9,12-13,15,18H,3-4,7-8,10-11H2,(H,22,24)(H,23,25)(H,26,27). The third kappa shape index (κ3) is 6.05. The molecule has 154 valence electrons. The number of nitrogens with one attached hydrogen (secondary N) is 2. The number of carboxylic acid groups (broad SMARTS) is 1. The molecule has 29 heavy (non-hydrogen) atoms. The fraction of sp³-hybridized carbons (Fsp3) is 0.381. The van der Waals surface area contributed by atoms with Crippen LogP contribution in [0.3, 0.4) is 0 Å². The minimum atomic E-state index is -0.732. The molecule has 1 heterocycles. The lowest BCUT2D eigenvalue weighted by Crippen LogP contribution is -2.34. The quantitative estimate of drug-likeness (QED) is 0.574. The first-order chi connectivity index (χ1) is 14.0. The van der Waals surface area contributed by atoms with Crippen LogP contribution >= 0.6 is 11.3 Å². The van der Waals surface area contributed by atoms with Gasteiger partial charge in [0.15, 0.2) is 0 Å². The summed E-state index contributed by atoms with van der Waals surface area (Å²) >= 11 is 1.46. The molecule has 0 unspecified atom stereocenters. The number of rotatable bonds is 8. The zero-order valence-electron chi connectivity index (χ0n) is 15.9. The zero-order chi connectivity index (χ0) is 20.6. The molecule has 3 rings (SSSR count). The molecular formula is C21H24N2O5S. The van der Waals surface area contributed by atoms with Crippen LogP contribution in [0.1, 0.15) is 46.4 Å². The van der Waals surface area contributed by atoms with E-state index >= 15 is 0 Å². The molecule has 2 amide bonds. The molecule has 1 aliphatic rings. The van der Waals surface area contributed by atoms with Crippen molar-refractivity contribution in [3.63, 3.8) is 0 Å². The number of aliphatic carboxylic acids is 1. The third-order valence-electron chi connectivity index (χ3n) is 4.92. The van der Waals surface area contributed by atoms with Gasteiger partial charge >= 0.3 is 5.97 Å². The number of thiophene rings is 1. The van der Waals surface area contributed by atoms with E-state index in [4.69, 9.17) is 9.84 Å². The van der Waals surface area contributed by atoms with Gasteiger partial charge in [-0.2, -0.15) is 11.3 Å². The second kappa shape index (κ2) is 10.1. The van der Waals surface area contributed by atoms with E-state index < -0.39 is 5.97 Å². The maximum Gasteiger partial charge on any atom is 0.306 e. The lowest BCUT2D eigenvalue weighted by atomic mass is 9.87. The number of carboxylic acids is 1. The zero-order valence-corrected chi connectivity index (χ0v) is 16.7. The summed E-state index contributed by atoms with van der Waals surface area (Å²) in [7, 11) is 0. The van der Waals surface area contributed by atoms with Crippen LogP contribution in [-0.4, -0.2) is 42.1 Å². The van der Waals surface area contributed by atoms with Crippen molar-refractivity contribution in [1.29, 1.82) is 0 Å². The van der Waals surface area contributed by atoms with Gasteiger partial charge in [0.05, 0.1) is 12.0 Å². The Morgan fingerprint density at radius 3 is 2.10 bits per heavy atom. The Morgan fingerprint density at radius 1 is 0.931 bits per heavy atom. The largest absolute Gasteiger partial charge is 0.490 e. The number of amides is 2. The molecule has 1 fully saturated rings. The van der Waals surface area contributed by atoms with E-state index in [9.17, 15) is 14.4 Å².